The van der Waals surface area contributed by atoms with Crippen LogP contribution >= 0.6 is 27.7 Å². The molecule has 1 amide bonds. The molecule has 128 valence electrons. The number of nitrogens with zero attached hydrogens (tertiary/aromatic N) is 2. The van der Waals surface area contributed by atoms with Crippen LogP contribution in [-0.2, 0) is 0 Å². The number of amides is 1. The van der Waals surface area contributed by atoms with E-state index in [1.165, 1.54) is 30.1 Å². The lowest BCUT2D eigenvalue weighted by molar-refractivity contribution is 0.102. The Morgan fingerprint density at radius 1 is 1.24 bits per heavy atom. The minimum atomic E-state index is -0.329. The molecule has 0 bridgehead atoms. The van der Waals surface area contributed by atoms with Crippen molar-refractivity contribution in [3.05, 3.63) is 70.2 Å². The fourth-order valence-electron chi connectivity index (χ4n) is 2.39. The van der Waals surface area contributed by atoms with E-state index in [1.807, 2.05) is 31.4 Å². The summed E-state index contributed by atoms with van der Waals surface area (Å²) in [5.41, 5.74) is 2.82. The molecule has 0 spiro atoms. The fourth-order valence-corrected chi connectivity index (χ4v) is 3.52. The van der Waals surface area contributed by atoms with Crippen LogP contribution in [0.15, 0.2) is 58.3 Å². The molecule has 25 heavy (non-hydrogen) atoms. The maximum absolute atomic E-state index is 13.2. The molecule has 0 saturated heterocycles. The van der Waals surface area contributed by atoms with E-state index in [2.05, 4.69) is 26.2 Å². The Hall–Kier alpha value is -2.12. The molecule has 4 nitrogen and oxygen atoms in total. The number of imidazole rings is 1. The first-order chi connectivity index (χ1) is 12.0. The summed E-state index contributed by atoms with van der Waals surface area (Å²) in [6.07, 6.45) is 3.40. The van der Waals surface area contributed by atoms with Crippen molar-refractivity contribution in [2.24, 2.45) is 0 Å². The Kier molecular flexibility index (Phi) is 5.24. The molecule has 0 aliphatic carbocycles. The number of rotatable bonds is 4. The topological polar surface area (TPSA) is 46.9 Å². The number of hydrogen-bond donors (Lipinski definition) is 1. The molecule has 7 heteroatoms. The van der Waals surface area contributed by atoms with Crippen LogP contribution in [0.2, 0.25) is 0 Å². The third-order valence-corrected chi connectivity index (χ3v) is 4.91. The van der Waals surface area contributed by atoms with Crippen molar-refractivity contribution in [2.75, 3.05) is 11.6 Å². The molecule has 0 unspecified atom stereocenters. The molecule has 3 rings (SSSR count). The molecule has 0 aliphatic rings. The van der Waals surface area contributed by atoms with Gasteiger partial charge in [0.15, 0.2) is 5.16 Å². The van der Waals surface area contributed by atoms with Crippen molar-refractivity contribution in [3.63, 3.8) is 0 Å². The molecule has 2 aromatic carbocycles. The first-order valence-corrected chi connectivity index (χ1v) is 9.46. The summed E-state index contributed by atoms with van der Waals surface area (Å²) in [4.78, 5) is 17.1. The van der Waals surface area contributed by atoms with Crippen LogP contribution in [0.3, 0.4) is 0 Å². The van der Waals surface area contributed by atoms with Crippen molar-refractivity contribution >= 4 is 39.3 Å². The van der Waals surface area contributed by atoms with Crippen LogP contribution in [0.5, 0.6) is 0 Å². The van der Waals surface area contributed by atoms with Crippen LogP contribution in [0.1, 0.15) is 16.1 Å². The van der Waals surface area contributed by atoms with Gasteiger partial charge in [0.05, 0.1) is 11.9 Å². The molecule has 0 fully saturated rings. The predicted octanol–water partition coefficient (Wildman–Crippen LogP) is 5.06. The Morgan fingerprint density at radius 3 is 2.60 bits per heavy atom. The highest BCUT2D eigenvalue weighted by molar-refractivity contribution is 9.10. The average Bonchev–Trinajstić information content (AvgIpc) is 3.02. The van der Waals surface area contributed by atoms with Crippen molar-refractivity contribution < 1.29 is 9.18 Å². The molecular weight excluding hydrogens is 405 g/mol. The molecule has 1 N–H and O–H groups in total. The molecule has 0 radical (unpaired) electrons. The van der Waals surface area contributed by atoms with Crippen molar-refractivity contribution in [1.29, 1.82) is 0 Å². The zero-order valence-electron chi connectivity index (χ0n) is 13.6. The van der Waals surface area contributed by atoms with E-state index in [4.69, 9.17) is 0 Å². The summed E-state index contributed by atoms with van der Waals surface area (Å²) in [7, 11) is 0. The molecule has 1 heterocycles. The number of hydrogen-bond acceptors (Lipinski definition) is 3. The van der Waals surface area contributed by atoms with Gasteiger partial charge in [-0.25, -0.2) is 9.37 Å². The van der Waals surface area contributed by atoms with Gasteiger partial charge < -0.3 is 5.32 Å². The SMILES string of the molecule is CSc1ncc(C(=O)Nc2ccc(C)cc2Br)n1-c1ccc(F)cc1. The number of anilines is 1. The number of carbonyl (C=O) groups excluding carboxylic acids is 1. The van der Waals surface area contributed by atoms with Crippen molar-refractivity contribution in [3.8, 4) is 5.69 Å². The van der Waals surface area contributed by atoms with Gasteiger partial charge in [-0.05, 0) is 71.1 Å². The molecule has 3 aromatic rings. The van der Waals surface area contributed by atoms with Crippen LogP contribution in [0.25, 0.3) is 5.69 Å². The summed E-state index contributed by atoms with van der Waals surface area (Å²) in [6.45, 7) is 1.98. The Labute approximate surface area is 157 Å². The van der Waals surface area contributed by atoms with E-state index in [1.54, 1.807) is 16.7 Å². The van der Waals surface area contributed by atoms with Gasteiger partial charge in [0, 0.05) is 10.2 Å². The van der Waals surface area contributed by atoms with Gasteiger partial charge in [-0.2, -0.15) is 0 Å². The lowest BCUT2D eigenvalue weighted by atomic mass is 10.2. The summed E-state index contributed by atoms with van der Waals surface area (Å²) < 4.78 is 15.7. The highest BCUT2D eigenvalue weighted by atomic mass is 79.9. The standard InChI is InChI=1S/C18H15BrFN3OS/c1-11-3-8-15(14(19)9-11)22-17(24)16-10-21-18(25-2)23(16)13-6-4-12(20)5-7-13/h3-10H,1-2H3,(H,22,24). The molecule has 0 saturated carbocycles. The summed E-state index contributed by atoms with van der Waals surface area (Å²) in [5.74, 6) is -0.620. The number of aryl methyl sites for hydroxylation is 1. The summed E-state index contributed by atoms with van der Waals surface area (Å²) in [6, 6.07) is 11.6. The number of carbonyl (C=O) groups is 1. The van der Waals surface area contributed by atoms with Gasteiger partial charge in [0.1, 0.15) is 11.5 Å². The smallest absolute Gasteiger partial charge is 0.274 e. The first kappa shape index (κ1) is 17.7. The van der Waals surface area contributed by atoms with Gasteiger partial charge in [0.2, 0.25) is 0 Å². The van der Waals surface area contributed by atoms with Crippen molar-refractivity contribution in [2.45, 2.75) is 12.1 Å². The fraction of sp³-hybridized carbons (Fsp3) is 0.111. The third kappa shape index (κ3) is 3.77. The Morgan fingerprint density at radius 2 is 1.96 bits per heavy atom. The van der Waals surface area contributed by atoms with E-state index in [0.717, 1.165) is 10.0 Å². The zero-order chi connectivity index (χ0) is 18.0. The highest BCUT2D eigenvalue weighted by Crippen LogP contribution is 2.26. The zero-order valence-corrected chi connectivity index (χ0v) is 16.0. The average molecular weight is 420 g/mol. The lowest BCUT2D eigenvalue weighted by Gasteiger charge is -2.12. The van der Waals surface area contributed by atoms with Crippen LogP contribution < -0.4 is 5.32 Å². The maximum atomic E-state index is 13.2. The lowest BCUT2D eigenvalue weighted by Crippen LogP contribution is -2.17. The minimum Gasteiger partial charge on any atom is -0.320 e. The predicted molar refractivity (Wildman–Crippen MR) is 102 cm³/mol. The first-order valence-electron chi connectivity index (χ1n) is 7.45. The van der Waals surface area contributed by atoms with Crippen LogP contribution in [0, 0.1) is 12.7 Å². The second kappa shape index (κ2) is 7.41. The number of thioether (sulfide) groups is 1. The number of halogens is 2. The van der Waals surface area contributed by atoms with E-state index in [9.17, 15) is 9.18 Å². The maximum Gasteiger partial charge on any atom is 0.274 e. The monoisotopic (exact) mass is 419 g/mol. The number of nitrogens with one attached hydrogen (secondary N) is 1. The minimum absolute atomic E-state index is 0.290. The van der Waals surface area contributed by atoms with Gasteiger partial charge in [0.25, 0.3) is 5.91 Å². The third-order valence-electron chi connectivity index (χ3n) is 3.60. The Balaban J connectivity index is 1.98. The van der Waals surface area contributed by atoms with Crippen LogP contribution in [-0.4, -0.2) is 21.7 Å². The highest BCUT2D eigenvalue weighted by Gasteiger charge is 2.18. The second-order valence-electron chi connectivity index (χ2n) is 5.38. The van der Waals surface area contributed by atoms with Gasteiger partial charge in [-0.1, -0.05) is 17.8 Å². The van der Waals surface area contributed by atoms with Crippen molar-refractivity contribution in [1.82, 2.24) is 9.55 Å². The quantitative estimate of drug-likeness (QED) is 0.601. The Bertz CT molecular complexity index is 925. The summed E-state index contributed by atoms with van der Waals surface area (Å²) in [5, 5.41) is 3.54. The number of aromatic nitrogens is 2. The van der Waals surface area contributed by atoms with E-state index in [0.29, 0.717) is 22.2 Å². The van der Waals surface area contributed by atoms with E-state index in [-0.39, 0.29) is 11.7 Å². The molecule has 0 aliphatic heterocycles. The molecular formula is C18H15BrFN3OS. The van der Waals surface area contributed by atoms with Gasteiger partial charge >= 0.3 is 0 Å². The molecule has 1 aromatic heterocycles. The molecule has 0 atom stereocenters. The largest absolute Gasteiger partial charge is 0.320 e. The number of benzene rings is 2. The van der Waals surface area contributed by atoms with Gasteiger partial charge in [-0.15, -0.1) is 0 Å². The van der Waals surface area contributed by atoms with Crippen LogP contribution in [0.4, 0.5) is 10.1 Å². The van der Waals surface area contributed by atoms with E-state index >= 15 is 0 Å². The summed E-state index contributed by atoms with van der Waals surface area (Å²) >= 11 is 4.87. The van der Waals surface area contributed by atoms with E-state index < -0.39 is 0 Å². The second-order valence-corrected chi connectivity index (χ2v) is 7.01. The normalized spacial score (nSPS) is 10.7. The van der Waals surface area contributed by atoms with Gasteiger partial charge in [-0.3, -0.25) is 9.36 Å².